The van der Waals surface area contributed by atoms with Gasteiger partial charge in [0.2, 0.25) is 0 Å². The van der Waals surface area contributed by atoms with Crippen molar-refractivity contribution >= 4 is 0 Å². The first-order valence-corrected chi connectivity index (χ1v) is 8.80. The monoisotopic (exact) mass is 306 g/mol. The zero-order chi connectivity index (χ0) is 15.8. The number of aryl methyl sites for hydroxylation is 1. The molecule has 2 atom stereocenters. The molecule has 1 fully saturated rings. The van der Waals surface area contributed by atoms with Gasteiger partial charge in [0.25, 0.3) is 0 Å². The van der Waals surface area contributed by atoms with Gasteiger partial charge in [0, 0.05) is 19.1 Å². The summed E-state index contributed by atoms with van der Waals surface area (Å²) in [5.41, 5.74) is 6.02. The van der Waals surface area contributed by atoms with Crippen molar-refractivity contribution < 1.29 is 0 Å². The van der Waals surface area contributed by atoms with E-state index in [0.717, 1.165) is 19.5 Å². The Balaban J connectivity index is 1.53. The molecule has 2 aliphatic heterocycles. The van der Waals surface area contributed by atoms with Crippen LogP contribution in [-0.4, -0.2) is 48.6 Å². The predicted octanol–water partition coefficient (Wildman–Crippen LogP) is 3.35. The fourth-order valence-corrected chi connectivity index (χ4v) is 4.26. The second-order valence-corrected chi connectivity index (χ2v) is 7.19. The van der Waals surface area contributed by atoms with Crippen LogP contribution in [0.2, 0.25) is 0 Å². The summed E-state index contributed by atoms with van der Waals surface area (Å²) in [4.78, 5) is 5.20. The maximum absolute atomic E-state index is 2.73. The van der Waals surface area contributed by atoms with E-state index in [1.165, 1.54) is 24.1 Å². The highest BCUT2D eigenvalue weighted by Crippen LogP contribution is 2.38. The zero-order valence-corrected chi connectivity index (χ0v) is 14.2. The molecule has 1 aliphatic carbocycles. The van der Waals surface area contributed by atoms with E-state index in [2.05, 4.69) is 72.3 Å². The van der Waals surface area contributed by atoms with Gasteiger partial charge in [0.1, 0.15) is 0 Å². The third-order valence-electron chi connectivity index (χ3n) is 5.53. The third kappa shape index (κ3) is 2.82. The molecule has 4 rings (SSSR count). The Morgan fingerprint density at radius 2 is 1.96 bits per heavy atom. The van der Waals surface area contributed by atoms with E-state index in [9.17, 15) is 0 Å². The minimum atomic E-state index is 0.497. The molecule has 2 unspecified atom stereocenters. The van der Waals surface area contributed by atoms with Crippen LogP contribution in [0.1, 0.15) is 17.5 Å². The molecule has 0 radical (unpaired) electrons. The number of nitrogens with zero attached hydrogens (tertiary/aromatic N) is 2. The minimum Gasteiger partial charge on any atom is -0.302 e. The smallest absolute Gasteiger partial charge is 0.0541 e. The van der Waals surface area contributed by atoms with Crippen molar-refractivity contribution in [2.75, 3.05) is 26.7 Å². The Bertz CT molecular complexity index is 666. The molecule has 2 heteroatoms. The van der Waals surface area contributed by atoms with Gasteiger partial charge in [-0.25, -0.2) is 0 Å². The number of hydrogen-bond donors (Lipinski definition) is 0. The van der Waals surface area contributed by atoms with Gasteiger partial charge in [0.05, 0.1) is 6.04 Å². The van der Waals surface area contributed by atoms with E-state index in [4.69, 9.17) is 0 Å². The van der Waals surface area contributed by atoms with Gasteiger partial charge in [-0.05, 0) is 50.1 Å². The van der Waals surface area contributed by atoms with Crippen LogP contribution in [0.4, 0.5) is 0 Å². The van der Waals surface area contributed by atoms with Crippen molar-refractivity contribution in [2.45, 2.75) is 31.8 Å². The van der Waals surface area contributed by atoms with Crippen molar-refractivity contribution in [3.05, 3.63) is 70.8 Å². The van der Waals surface area contributed by atoms with Crippen molar-refractivity contribution in [3.8, 4) is 0 Å². The zero-order valence-electron chi connectivity index (χ0n) is 14.2. The van der Waals surface area contributed by atoms with Crippen LogP contribution < -0.4 is 0 Å². The summed E-state index contributed by atoms with van der Waals surface area (Å²) in [6.45, 7) is 5.65. The molecule has 0 spiro atoms. The minimum absolute atomic E-state index is 0.497. The van der Waals surface area contributed by atoms with Crippen LogP contribution in [0.3, 0.4) is 0 Å². The topological polar surface area (TPSA) is 6.48 Å². The van der Waals surface area contributed by atoms with Gasteiger partial charge in [-0.2, -0.15) is 0 Å². The van der Waals surface area contributed by atoms with Crippen molar-refractivity contribution in [1.82, 2.24) is 9.80 Å². The molecule has 0 aromatic heterocycles. The summed E-state index contributed by atoms with van der Waals surface area (Å²) in [6.07, 6.45) is 11.6. The first kappa shape index (κ1) is 14.9. The van der Waals surface area contributed by atoms with Crippen molar-refractivity contribution in [3.63, 3.8) is 0 Å². The Hall–Kier alpha value is -1.64. The molecule has 3 aliphatic rings. The van der Waals surface area contributed by atoms with Gasteiger partial charge in [-0.1, -0.05) is 54.1 Å². The molecule has 120 valence electrons. The molecule has 1 saturated heterocycles. The molecule has 0 amide bonds. The average Bonchev–Trinajstić information content (AvgIpc) is 2.88. The van der Waals surface area contributed by atoms with Gasteiger partial charge in [0.15, 0.2) is 0 Å². The number of rotatable bonds is 3. The number of likely N-dealkylation sites (N-methyl/N-ethyl adjacent to an activating group) is 1. The van der Waals surface area contributed by atoms with Crippen LogP contribution >= 0.6 is 0 Å². The standard InChI is InChI=1S/C21H26N2/c1-16-7-9-17(10-8-16)11-14-23-20-6-4-3-5-18(20)19-15-22(2)13-12-21(19)23/h3-10,20-21H,11-15H2,1-2H3. The van der Waals surface area contributed by atoms with E-state index in [-0.39, 0.29) is 0 Å². The summed E-state index contributed by atoms with van der Waals surface area (Å²) in [5, 5.41) is 0. The molecular weight excluding hydrogens is 280 g/mol. The molecule has 0 saturated carbocycles. The average molecular weight is 306 g/mol. The normalized spacial score (nSPS) is 27.4. The lowest BCUT2D eigenvalue weighted by Crippen LogP contribution is -2.44. The van der Waals surface area contributed by atoms with Gasteiger partial charge < -0.3 is 4.90 Å². The highest BCUT2D eigenvalue weighted by atomic mass is 15.2. The molecular formula is C21H26N2. The fourth-order valence-electron chi connectivity index (χ4n) is 4.26. The van der Waals surface area contributed by atoms with E-state index >= 15 is 0 Å². The summed E-state index contributed by atoms with van der Waals surface area (Å²) in [7, 11) is 2.25. The molecule has 1 aromatic rings. The first-order chi connectivity index (χ1) is 11.2. The maximum atomic E-state index is 2.73. The van der Waals surface area contributed by atoms with Crippen LogP contribution in [0.5, 0.6) is 0 Å². The molecule has 0 N–H and O–H groups in total. The number of likely N-dealkylation sites (tertiary alicyclic amines) is 1. The molecule has 23 heavy (non-hydrogen) atoms. The van der Waals surface area contributed by atoms with E-state index in [1.807, 2.05) is 0 Å². The molecule has 2 nitrogen and oxygen atoms in total. The molecule has 1 aromatic carbocycles. The fraction of sp³-hybridized carbons (Fsp3) is 0.429. The second kappa shape index (κ2) is 6.10. The second-order valence-electron chi connectivity index (χ2n) is 7.19. The summed E-state index contributed by atoms with van der Waals surface area (Å²) in [5.74, 6) is 0. The Morgan fingerprint density at radius 1 is 1.13 bits per heavy atom. The lowest BCUT2D eigenvalue weighted by molar-refractivity contribution is 0.177. The van der Waals surface area contributed by atoms with E-state index < -0.39 is 0 Å². The van der Waals surface area contributed by atoms with Gasteiger partial charge in [-0.3, -0.25) is 4.90 Å². The van der Waals surface area contributed by atoms with Crippen molar-refractivity contribution in [1.29, 1.82) is 0 Å². The van der Waals surface area contributed by atoms with Gasteiger partial charge in [-0.15, -0.1) is 0 Å². The van der Waals surface area contributed by atoms with E-state index in [1.54, 1.807) is 11.1 Å². The Morgan fingerprint density at radius 3 is 2.78 bits per heavy atom. The number of piperidine rings is 1. The van der Waals surface area contributed by atoms with Crippen LogP contribution in [0.15, 0.2) is 59.7 Å². The predicted molar refractivity (Wildman–Crippen MR) is 96.6 cm³/mol. The maximum Gasteiger partial charge on any atom is 0.0541 e. The Kier molecular flexibility index (Phi) is 3.96. The summed E-state index contributed by atoms with van der Waals surface area (Å²) in [6, 6.07) is 10.2. The lowest BCUT2D eigenvalue weighted by Gasteiger charge is -2.36. The highest BCUT2D eigenvalue weighted by Gasteiger charge is 2.40. The summed E-state index contributed by atoms with van der Waals surface area (Å²) < 4.78 is 0. The van der Waals surface area contributed by atoms with Gasteiger partial charge >= 0.3 is 0 Å². The largest absolute Gasteiger partial charge is 0.302 e. The third-order valence-corrected chi connectivity index (χ3v) is 5.53. The Labute approximate surface area is 139 Å². The first-order valence-electron chi connectivity index (χ1n) is 8.80. The van der Waals surface area contributed by atoms with E-state index in [0.29, 0.717) is 12.1 Å². The quantitative estimate of drug-likeness (QED) is 0.845. The molecule has 2 heterocycles. The van der Waals surface area contributed by atoms with Crippen LogP contribution in [0.25, 0.3) is 0 Å². The summed E-state index contributed by atoms with van der Waals surface area (Å²) >= 11 is 0. The molecule has 0 bridgehead atoms. The number of fused-ring (bicyclic) bond motifs is 2. The van der Waals surface area contributed by atoms with Crippen LogP contribution in [0, 0.1) is 6.92 Å². The van der Waals surface area contributed by atoms with Crippen molar-refractivity contribution in [2.24, 2.45) is 0 Å². The number of allylic oxidation sites excluding steroid dienone is 2. The SMILES string of the molecule is Cc1ccc(CCN2C3C=CC=CC3=C3CN(C)CCC32)cc1. The highest BCUT2D eigenvalue weighted by molar-refractivity contribution is 5.47. The van der Waals surface area contributed by atoms with Crippen LogP contribution in [-0.2, 0) is 6.42 Å². The number of benzene rings is 1. The lowest BCUT2D eigenvalue weighted by atomic mass is 9.95. The number of hydrogen-bond acceptors (Lipinski definition) is 2.